The molecule has 4 nitrogen and oxygen atoms in total. The Hall–Kier alpha value is -1.36. The van der Waals surface area contributed by atoms with Crippen LogP contribution in [0.3, 0.4) is 0 Å². The van der Waals surface area contributed by atoms with Gasteiger partial charge in [-0.1, -0.05) is 15.9 Å². The number of carbonyl (C=O) groups is 1. The summed E-state index contributed by atoms with van der Waals surface area (Å²) in [5.41, 5.74) is 2.48. The molecule has 3 rings (SSSR count). The molecule has 1 unspecified atom stereocenters. The van der Waals surface area contributed by atoms with Crippen molar-refractivity contribution in [2.75, 3.05) is 16.8 Å². The van der Waals surface area contributed by atoms with Crippen LogP contribution in [0.5, 0.6) is 0 Å². The van der Waals surface area contributed by atoms with Crippen molar-refractivity contribution in [3.8, 4) is 0 Å². The fourth-order valence-electron chi connectivity index (χ4n) is 2.33. The molecule has 94 valence electrons. The van der Waals surface area contributed by atoms with E-state index in [-0.39, 0.29) is 5.91 Å². The molecule has 1 saturated heterocycles. The van der Waals surface area contributed by atoms with Crippen molar-refractivity contribution in [2.45, 2.75) is 13.3 Å². The molecular formula is C13H13BrN2O2. The lowest BCUT2D eigenvalue weighted by Crippen LogP contribution is -2.24. The fourth-order valence-corrected chi connectivity index (χ4v) is 2.77. The number of hydrogen-bond acceptors (Lipinski definition) is 3. The van der Waals surface area contributed by atoms with Crippen LogP contribution in [-0.2, 0) is 4.79 Å². The Morgan fingerprint density at radius 2 is 2.39 bits per heavy atom. The van der Waals surface area contributed by atoms with Crippen LogP contribution < -0.4 is 4.90 Å². The Kier molecular flexibility index (Phi) is 2.86. The van der Waals surface area contributed by atoms with Gasteiger partial charge in [-0.25, -0.2) is 4.98 Å². The third-order valence-electron chi connectivity index (χ3n) is 3.21. The topological polar surface area (TPSA) is 46.3 Å². The molecule has 1 fully saturated rings. The first-order valence-corrected chi connectivity index (χ1v) is 7.03. The maximum atomic E-state index is 11.9. The first kappa shape index (κ1) is 11.7. The molecule has 0 spiro atoms. The number of rotatable bonds is 2. The lowest BCUT2D eigenvalue weighted by Gasteiger charge is -2.16. The van der Waals surface area contributed by atoms with Gasteiger partial charge in [0, 0.05) is 30.9 Å². The number of aromatic nitrogens is 1. The van der Waals surface area contributed by atoms with Crippen molar-refractivity contribution in [3.63, 3.8) is 0 Å². The van der Waals surface area contributed by atoms with Gasteiger partial charge >= 0.3 is 0 Å². The molecule has 5 heteroatoms. The summed E-state index contributed by atoms with van der Waals surface area (Å²) in [4.78, 5) is 18.1. The Morgan fingerprint density at radius 1 is 1.56 bits per heavy atom. The Morgan fingerprint density at radius 3 is 3.11 bits per heavy atom. The molecule has 0 radical (unpaired) electrons. The summed E-state index contributed by atoms with van der Waals surface area (Å²) >= 11 is 3.44. The first-order chi connectivity index (χ1) is 8.67. The highest BCUT2D eigenvalue weighted by Crippen LogP contribution is 2.28. The van der Waals surface area contributed by atoms with E-state index in [0.717, 1.165) is 28.7 Å². The maximum absolute atomic E-state index is 11.9. The molecule has 0 aliphatic carbocycles. The van der Waals surface area contributed by atoms with Gasteiger partial charge in [0.1, 0.15) is 5.52 Å². The molecule has 1 amide bonds. The molecule has 2 heterocycles. The summed E-state index contributed by atoms with van der Waals surface area (Å²) in [7, 11) is 0. The molecule has 1 aromatic heterocycles. The minimum Gasteiger partial charge on any atom is -0.441 e. The first-order valence-electron chi connectivity index (χ1n) is 5.91. The van der Waals surface area contributed by atoms with Crippen LogP contribution in [0.1, 0.15) is 12.3 Å². The van der Waals surface area contributed by atoms with Crippen LogP contribution in [0.25, 0.3) is 11.1 Å². The lowest BCUT2D eigenvalue weighted by atomic mass is 10.2. The number of fused-ring (bicyclic) bond motifs is 1. The number of anilines is 1. The van der Waals surface area contributed by atoms with Crippen LogP contribution in [0.2, 0.25) is 0 Å². The molecular weight excluding hydrogens is 296 g/mol. The normalized spacial score (nSPS) is 20.0. The van der Waals surface area contributed by atoms with E-state index < -0.39 is 0 Å². The Bertz CT molecular complexity index is 608. The van der Waals surface area contributed by atoms with E-state index in [0.29, 0.717) is 18.2 Å². The number of carbonyl (C=O) groups excluding carboxylic acids is 1. The minimum absolute atomic E-state index is 0.180. The second-order valence-electron chi connectivity index (χ2n) is 4.61. The second-order valence-corrected chi connectivity index (χ2v) is 5.26. The van der Waals surface area contributed by atoms with Gasteiger partial charge in [-0.2, -0.15) is 0 Å². The van der Waals surface area contributed by atoms with Crippen LogP contribution in [0.15, 0.2) is 22.6 Å². The molecule has 0 N–H and O–H groups in total. The molecule has 1 atom stereocenters. The van der Waals surface area contributed by atoms with Gasteiger partial charge in [-0.15, -0.1) is 0 Å². The van der Waals surface area contributed by atoms with Crippen LogP contribution in [0, 0.1) is 12.8 Å². The van der Waals surface area contributed by atoms with Crippen molar-refractivity contribution in [3.05, 3.63) is 24.1 Å². The van der Waals surface area contributed by atoms with Gasteiger partial charge in [0.25, 0.3) is 0 Å². The van der Waals surface area contributed by atoms with Crippen molar-refractivity contribution in [1.29, 1.82) is 0 Å². The predicted octanol–water partition coefficient (Wildman–Crippen LogP) is 2.88. The molecule has 0 saturated carbocycles. The van der Waals surface area contributed by atoms with Gasteiger partial charge in [0.2, 0.25) is 5.91 Å². The van der Waals surface area contributed by atoms with E-state index in [9.17, 15) is 4.79 Å². The average molecular weight is 309 g/mol. The highest BCUT2D eigenvalue weighted by molar-refractivity contribution is 9.09. The van der Waals surface area contributed by atoms with Crippen LogP contribution in [0.4, 0.5) is 5.69 Å². The van der Waals surface area contributed by atoms with E-state index in [1.165, 1.54) is 0 Å². The van der Waals surface area contributed by atoms with E-state index in [1.54, 1.807) is 0 Å². The Labute approximate surface area is 113 Å². The largest absolute Gasteiger partial charge is 0.441 e. The van der Waals surface area contributed by atoms with E-state index in [4.69, 9.17) is 4.42 Å². The summed E-state index contributed by atoms with van der Waals surface area (Å²) < 4.78 is 5.43. The number of amides is 1. The monoisotopic (exact) mass is 308 g/mol. The van der Waals surface area contributed by atoms with Gasteiger partial charge in [-0.05, 0) is 24.1 Å². The number of benzene rings is 1. The lowest BCUT2D eigenvalue weighted by molar-refractivity contribution is -0.117. The predicted molar refractivity (Wildman–Crippen MR) is 73.0 cm³/mol. The van der Waals surface area contributed by atoms with Gasteiger partial charge < -0.3 is 9.32 Å². The minimum atomic E-state index is 0.180. The average Bonchev–Trinajstić information content (AvgIpc) is 2.89. The van der Waals surface area contributed by atoms with Gasteiger partial charge in [0.15, 0.2) is 11.5 Å². The van der Waals surface area contributed by atoms with Crippen molar-refractivity contribution < 1.29 is 9.21 Å². The van der Waals surface area contributed by atoms with Crippen molar-refractivity contribution >= 4 is 38.6 Å². The summed E-state index contributed by atoms with van der Waals surface area (Å²) in [6.07, 6.45) is 0.612. The fraction of sp³-hybridized carbons (Fsp3) is 0.385. The Balaban J connectivity index is 1.96. The number of halogens is 1. The van der Waals surface area contributed by atoms with Crippen LogP contribution >= 0.6 is 15.9 Å². The highest BCUT2D eigenvalue weighted by Gasteiger charge is 2.29. The van der Waals surface area contributed by atoms with E-state index >= 15 is 0 Å². The SMILES string of the molecule is Cc1nc2cc(N3CC(CBr)CC3=O)ccc2o1. The molecule has 1 aliphatic rings. The summed E-state index contributed by atoms with van der Waals surface area (Å²) in [6.45, 7) is 2.59. The molecule has 2 aromatic rings. The van der Waals surface area contributed by atoms with Crippen molar-refractivity contribution in [1.82, 2.24) is 4.98 Å². The zero-order valence-electron chi connectivity index (χ0n) is 10.0. The standard InChI is InChI=1S/C13H13BrN2O2/c1-8-15-11-5-10(2-3-12(11)18-8)16-7-9(6-14)4-13(16)17/h2-3,5,9H,4,6-7H2,1H3. The van der Waals surface area contributed by atoms with Crippen LogP contribution in [-0.4, -0.2) is 22.8 Å². The molecule has 0 bridgehead atoms. The quantitative estimate of drug-likeness (QED) is 0.801. The highest BCUT2D eigenvalue weighted by atomic mass is 79.9. The third-order valence-corrected chi connectivity index (χ3v) is 4.13. The molecule has 18 heavy (non-hydrogen) atoms. The second kappa shape index (κ2) is 4.39. The summed E-state index contributed by atoms with van der Waals surface area (Å²) in [5.74, 6) is 1.22. The number of alkyl halides is 1. The zero-order chi connectivity index (χ0) is 12.7. The third kappa shape index (κ3) is 1.92. The zero-order valence-corrected chi connectivity index (χ0v) is 11.6. The van der Waals surface area contributed by atoms with Crippen molar-refractivity contribution in [2.24, 2.45) is 5.92 Å². The smallest absolute Gasteiger partial charge is 0.227 e. The maximum Gasteiger partial charge on any atom is 0.227 e. The number of nitrogens with zero attached hydrogens (tertiary/aromatic N) is 2. The molecule has 1 aliphatic heterocycles. The number of oxazole rings is 1. The van der Waals surface area contributed by atoms with E-state index in [1.807, 2.05) is 30.0 Å². The summed E-state index contributed by atoms with van der Waals surface area (Å²) in [5, 5.41) is 0.862. The van der Waals surface area contributed by atoms with E-state index in [2.05, 4.69) is 20.9 Å². The van der Waals surface area contributed by atoms with Gasteiger partial charge in [0.05, 0.1) is 0 Å². The molecule has 1 aromatic carbocycles. The number of aryl methyl sites for hydroxylation is 1. The summed E-state index contributed by atoms with van der Waals surface area (Å²) in [6, 6.07) is 5.71. The number of hydrogen-bond donors (Lipinski definition) is 0. The van der Waals surface area contributed by atoms with Gasteiger partial charge in [-0.3, -0.25) is 4.79 Å².